The minimum Gasteiger partial charge on any atom is -0.336 e. The lowest BCUT2D eigenvalue weighted by atomic mass is 10.1. The highest BCUT2D eigenvalue weighted by Crippen LogP contribution is 2.31. The van der Waals surface area contributed by atoms with Crippen LogP contribution in [0.15, 0.2) is 53.7 Å². The van der Waals surface area contributed by atoms with Gasteiger partial charge in [0.1, 0.15) is 5.82 Å². The zero-order chi connectivity index (χ0) is 21.9. The molecule has 0 saturated carbocycles. The Labute approximate surface area is 173 Å². The number of nitrogen functional groups attached to an aromatic ring is 1. The summed E-state index contributed by atoms with van der Waals surface area (Å²) in [6.07, 6.45) is -4.40. The normalized spacial score (nSPS) is 12.6. The van der Waals surface area contributed by atoms with Crippen LogP contribution in [-0.4, -0.2) is 26.0 Å². The number of halogens is 4. The Morgan fingerprint density at radius 2 is 1.93 bits per heavy atom. The van der Waals surface area contributed by atoms with Crippen molar-refractivity contribution < 1.29 is 22.4 Å². The van der Waals surface area contributed by atoms with E-state index >= 15 is 0 Å². The van der Waals surface area contributed by atoms with Crippen LogP contribution in [0, 0.1) is 5.82 Å². The third kappa shape index (κ3) is 5.09. The van der Waals surface area contributed by atoms with Gasteiger partial charge in [-0.25, -0.2) is 9.07 Å². The number of alkyl halides is 3. The van der Waals surface area contributed by atoms with Gasteiger partial charge in [0, 0.05) is 12.1 Å². The molecule has 3 rings (SSSR count). The molecule has 0 aliphatic heterocycles. The molecule has 2 aromatic carbocycles. The van der Waals surface area contributed by atoms with E-state index in [0.717, 1.165) is 28.6 Å². The molecule has 1 aromatic heterocycles. The third-order valence-electron chi connectivity index (χ3n) is 4.15. The summed E-state index contributed by atoms with van der Waals surface area (Å²) >= 11 is 0.979. The number of hydrogen-bond acceptors (Lipinski definition) is 5. The number of benzene rings is 2. The highest BCUT2D eigenvalue weighted by atomic mass is 32.2. The van der Waals surface area contributed by atoms with E-state index in [-0.39, 0.29) is 17.3 Å². The van der Waals surface area contributed by atoms with Gasteiger partial charge in [0.15, 0.2) is 5.82 Å². The van der Waals surface area contributed by atoms with Gasteiger partial charge in [-0.3, -0.25) is 4.79 Å². The summed E-state index contributed by atoms with van der Waals surface area (Å²) in [5, 5.41) is 9.77. The molecule has 30 heavy (non-hydrogen) atoms. The van der Waals surface area contributed by atoms with Gasteiger partial charge < -0.3 is 11.2 Å². The summed E-state index contributed by atoms with van der Waals surface area (Å²) in [5.41, 5.74) is -0.444. The Morgan fingerprint density at radius 3 is 2.63 bits per heavy atom. The smallest absolute Gasteiger partial charge is 0.336 e. The van der Waals surface area contributed by atoms with E-state index in [9.17, 15) is 22.4 Å². The summed E-state index contributed by atoms with van der Waals surface area (Å²) < 4.78 is 53.4. The van der Waals surface area contributed by atoms with Crippen LogP contribution in [0.1, 0.15) is 23.9 Å². The SMILES string of the molecule is C[C@H](Sc1nnc(Cc2ccccc2F)n1N)C(=O)Nc1cccc(C(F)(F)F)c1. The van der Waals surface area contributed by atoms with E-state index in [1.165, 1.54) is 18.2 Å². The predicted octanol–water partition coefficient (Wildman–Crippen LogP) is 3.86. The van der Waals surface area contributed by atoms with Crippen molar-refractivity contribution in [1.29, 1.82) is 0 Å². The lowest BCUT2D eigenvalue weighted by molar-refractivity contribution is -0.137. The predicted molar refractivity (Wildman–Crippen MR) is 105 cm³/mol. The Kier molecular flexibility index (Phi) is 6.30. The fourth-order valence-electron chi connectivity index (χ4n) is 2.55. The molecule has 11 heteroatoms. The fraction of sp³-hybridized carbons (Fsp3) is 0.211. The standard InChI is InChI=1S/C19H17F4N5OS/c1-11(17(29)25-14-7-4-6-13(10-14)19(21,22)23)30-18-27-26-16(28(18)24)9-12-5-2-3-8-15(12)20/h2-8,10-11H,9,24H2,1H3,(H,25,29)/t11-/m0/s1. The summed E-state index contributed by atoms with van der Waals surface area (Å²) in [5.74, 6) is 5.33. The Morgan fingerprint density at radius 1 is 1.20 bits per heavy atom. The largest absolute Gasteiger partial charge is 0.416 e. The zero-order valence-corrected chi connectivity index (χ0v) is 16.5. The van der Waals surface area contributed by atoms with Crippen LogP contribution in [0.2, 0.25) is 0 Å². The van der Waals surface area contributed by atoms with Crippen LogP contribution < -0.4 is 11.2 Å². The van der Waals surface area contributed by atoms with Crippen LogP contribution in [0.25, 0.3) is 0 Å². The number of amides is 1. The van der Waals surface area contributed by atoms with E-state index in [1.54, 1.807) is 25.1 Å². The molecule has 1 amide bonds. The van der Waals surface area contributed by atoms with Gasteiger partial charge in [-0.2, -0.15) is 13.2 Å². The lowest BCUT2D eigenvalue weighted by Gasteiger charge is -2.13. The van der Waals surface area contributed by atoms with Gasteiger partial charge in [-0.05, 0) is 36.8 Å². The van der Waals surface area contributed by atoms with Crippen LogP contribution in [0.3, 0.4) is 0 Å². The van der Waals surface area contributed by atoms with Crippen LogP contribution >= 0.6 is 11.8 Å². The molecular formula is C19H17F4N5OS. The van der Waals surface area contributed by atoms with Crippen molar-refractivity contribution in [1.82, 2.24) is 14.9 Å². The Balaban J connectivity index is 1.66. The first kappa shape index (κ1) is 21.6. The second-order valence-corrected chi connectivity index (χ2v) is 7.67. The van der Waals surface area contributed by atoms with E-state index in [4.69, 9.17) is 5.84 Å². The highest BCUT2D eigenvalue weighted by molar-refractivity contribution is 8.00. The monoisotopic (exact) mass is 439 g/mol. The number of hydrogen-bond donors (Lipinski definition) is 2. The van der Waals surface area contributed by atoms with Gasteiger partial charge >= 0.3 is 6.18 Å². The van der Waals surface area contributed by atoms with Gasteiger partial charge in [-0.15, -0.1) is 10.2 Å². The molecular weight excluding hydrogens is 422 g/mol. The lowest BCUT2D eigenvalue weighted by Crippen LogP contribution is -2.24. The van der Waals surface area contributed by atoms with Crippen molar-refractivity contribution >= 4 is 23.4 Å². The second kappa shape index (κ2) is 8.74. The maximum atomic E-state index is 13.8. The van der Waals surface area contributed by atoms with Crippen molar-refractivity contribution in [3.05, 3.63) is 71.3 Å². The molecule has 1 heterocycles. The third-order valence-corrected chi connectivity index (χ3v) is 5.21. The highest BCUT2D eigenvalue weighted by Gasteiger charge is 2.30. The van der Waals surface area contributed by atoms with Crippen molar-refractivity contribution in [2.75, 3.05) is 11.2 Å². The molecule has 3 N–H and O–H groups in total. The number of nitrogens with one attached hydrogen (secondary N) is 1. The Hall–Kier alpha value is -3.08. The van der Waals surface area contributed by atoms with Gasteiger partial charge in [0.25, 0.3) is 0 Å². The van der Waals surface area contributed by atoms with Crippen molar-refractivity contribution in [2.45, 2.75) is 29.9 Å². The molecule has 0 aliphatic rings. The molecule has 0 unspecified atom stereocenters. The average molecular weight is 439 g/mol. The van der Waals surface area contributed by atoms with Crippen LogP contribution in [-0.2, 0) is 17.4 Å². The van der Waals surface area contributed by atoms with Gasteiger partial charge in [0.2, 0.25) is 11.1 Å². The first-order valence-electron chi connectivity index (χ1n) is 8.72. The first-order valence-corrected chi connectivity index (χ1v) is 9.60. The van der Waals surface area contributed by atoms with E-state index < -0.39 is 28.7 Å². The van der Waals surface area contributed by atoms with Gasteiger partial charge in [-0.1, -0.05) is 36.0 Å². The summed E-state index contributed by atoms with van der Waals surface area (Å²) in [7, 11) is 0. The van der Waals surface area contributed by atoms with E-state index in [2.05, 4.69) is 15.5 Å². The number of carbonyl (C=O) groups is 1. The molecule has 6 nitrogen and oxygen atoms in total. The first-order chi connectivity index (χ1) is 14.1. The minimum atomic E-state index is -4.51. The molecule has 0 aliphatic carbocycles. The van der Waals surface area contributed by atoms with Crippen molar-refractivity contribution in [3.63, 3.8) is 0 Å². The van der Waals surface area contributed by atoms with E-state index in [1.807, 2.05) is 0 Å². The average Bonchev–Trinajstić information content (AvgIpc) is 3.02. The molecule has 0 saturated heterocycles. The molecule has 3 aromatic rings. The number of thioether (sulfide) groups is 1. The number of aromatic nitrogens is 3. The van der Waals surface area contributed by atoms with Crippen molar-refractivity contribution in [2.24, 2.45) is 0 Å². The van der Waals surface area contributed by atoms with Crippen LogP contribution in [0.5, 0.6) is 0 Å². The summed E-state index contributed by atoms with van der Waals surface area (Å²) in [6.45, 7) is 1.55. The number of anilines is 1. The molecule has 0 spiro atoms. The fourth-order valence-corrected chi connectivity index (χ4v) is 3.34. The maximum Gasteiger partial charge on any atom is 0.416 e. The molecule has 0 fully saturated rings. The Bertz CT molecular complexity index is 1050. The molecule has 0 bridgehead atoms. The molecule has 158 valence electrons. The zero-order valence-electron chi connectivity index (χ0n) is 15.7. The van der Waals surface area contributed by atoms with E-state index in [0.29, 0.717) is 11.4 Å². The quantitative estimate of drug-likeness (QED) is 0.346. The summed E-state index contributed by atoms with van der Waals surface area (Å²) in [6, 6.07) is 10.5. The molecule has 1 atom stereocenters. The molecule has 0 radical (unpaired) electrons. The second-order valence-electron chi connectivity index (χ2n) is 6.36. The minimum absolute atomic E-state index is 0.0248. The number of nitrogens with zero attached hydrogens (tertiary/aromatic N) is 3. The number of rotatable bonds is 6. The number of carbonyl (C=O) groups excluding carboxylic acids is 1. The van der Waals surface area contributed by atoms with Crippen molar-refractivity contribution in [3.8, 4) is 0 Å². The summed E-state index contributed by atoms with van der Waals surface area (Å²) in [4.78, 5) is 12.4. The van der Waals surface area contributed by atoms with Gasteiger partial charge in [0.05, 0.1) is 10.8 Å². The van der Waals surface area contributed by atoms with Crippen LogP contribution in [0.4, 0.5) is 23.2 Å². The topological polar surface area (TPSA) is 85.8 Å². The number of nitrogens with two attached hydrogens (primary N) is 1. The maximum absolute atomic E-state index is 13.8.